The molecule has 2 atom stereocenters. The molecule has 0 radical (unpaired) electrons. The van der Waals surface area contributed by atoms with E-state index in [-0.39, 0.29) is 24.6 Å². The maximum atomic E-state index is 12.8. The molecular weight excluding hydrogens is 318 g/mol. The van der Waals surface area contributed by atoms with Crippen LogP contribution in [0.15, 0.2) is 30.3 Å². The van der Waals surface area contributed by atoms with Crippen LogP contribution in [0.4, 0.5) is 4.79 Å². The number of ether oxygens (including phenoxy) is 2. The standard InChI is InChI=1S/C20H27NO4/c1-3-20(4-2,12-10-15-8-6-5-7-9-15)25-19(23)21-13-11-17-18(21)16(22)14-24-17/h5-9,17-18H,3-4,10-14H2,1-2H3/t17-,18-/m1/s1. The number of hydrogen-bond donors (Lipinski definition) is 0. The van der Waals surface area contributed by atoms with Crippen molar-refractivity contribution < 1.29 is 19.1 Å². The predicted molar refractivity (Wildman–Crippen MR) is 94.4 cm³/mol. The highest BCUT2D eigenvalue weighted by Gasteiger charge is 2.48. The SMILES string of the molecule is CCC(CC)(CCc1ccccc1)OC(=O)N1CC[C@H]2OCC(=O)[C@H]21. The van der Waals surface area contributed by atoms with E-state index in [1.54, 1.807) is 4.90 Å². The third kappa shape index (κ3) is 3.71. The van der Waals surface area contributed by atoms with Crippen molar-refractivity contribution in [1.29, 1.82) is 0 Å². The molecule has 3 rings (SSSR count). The summed E-state index contributed by atoms with van der Waals surface area (Å²) in [6, 6.07) is 9.79. The van der Waals surface area contributed by atoms with Crippen LogP contribution in [0.1, 0.15) is 45.1 Å². The Kier molecular flexibility index (Phi) is 5.42. The van der Waals surface area contributed by atoms with Gasteiger partial charge in [0, 0.05) is 6.54 Å². The zero-order valence-corrected chi connectivity index (χ0v) is 15.1. The largest absolute Gasteiger partial charge is 0.443 e. The molecule has 0 N–H and O–H groups in total. The molecule has 0 aromatic heterocycles. The number of rotatable bonds is 6. The maximum absolute atomic E-state index is 12.8. The summed E-state index contributed by atoms with van der Waals surface area (Å²) in [7, 11) is 0. The van der Waals surface area contributed by atoms with Gasteiger partial charge in [0.25, 0.3) is 0 Å². The molecule has 2 heterocycles. The first-order valence-electron chi connectivity index (χ1n) is 9.26. The lowest BCUT2D eigenvalue weighted by Crippen LogP contribution is -2.46. The Morgan fingerprint density at radius 1 is 1.28 bits per heavy atom. The van der Waals surface area contributed by atoms with Crippen LogP contribution in [0.2, 0.25) is 0 Å². The zero-order chi connectivity index (χ0) is 17.9. The van der Waals surface area contributed by atoms with Crippen LogP contribution in [0.5, 0.6) is 0 Å². The number of Topliss-reactive ketones (excluding diaryl/α,β-unsaturated/α-hetero) is 1. The summed E-state index contributed by atoms with van der Waals surface area (Å²) in [6.45, 7) is 4.75. The summed E-state index contributed by atoms with van der Waals surface area (Å²) >= 11 is 0. The van der Waals surface area contributed by atoms with Gasteiger partial charge in [-0.3, -0.25) is 9.69 Å². The molecule has 2 fully saturated rings. The lowest BCUT2D eigenvalue weighted by atomic mass is 9.89. The van der Waals surface area contributed by atoms with E-state index in [1.165, 1.54) is 5.56 Å². The minimum Gasteiger partial charge on any atom is -0.443 e. The lowest BCUT2D eigenvalue weighted by Gasteiger charge is -2.34. The van der Waals surface area contributed by atoms with Gasteiger partial charge in [0.1, 0.15) is 18.2 Å². The fraction of sp³-hybridized carbons (Fsp3) is 0.600. The topological polar surface area (TPSA) is 55.8 Å². The van der Waals surface area contributed by atoms with Crippen LogP contribution in [0.3, 0.4) is 0 Å². The van der Waals surface area contributed by atoms with Gasteiger partial charge in [0.05, 0.1) is 6.10 Å². The number of benzene rings is 1. The fourth-order valence-electron chi connectivity index (χ4n) is 3.86. The number of amides is 1. The first kappa shape index (κ1) is 17.9. The van der Waals surface area contributed by atoms with Crippen LogP contribution in [-0.2, 0) is 20.7 Å². The minimum atomic E-state index is -0.493. The van der Waals surface area contributed by atoms with Crippen molar-refractivity contribution in [1.82, 2.24) is 4.90 Å². The van der Waals surface area contributed by atoms with Gasteiger partial charge >= 0.3 is 6.09 Å². The highest BCUT2D eigenvalue weighted by molar-refractivity contribution is 5.91. The predicted octanol–water partition coefficient (Wildman–Crippen LogP) is 3.36. The Morgan fingerprint density at radius 3 is 2.68 bits per heavy atom. The van der Waals surface area contributed by atoms with Gasteiger partial charge in [-0.1, -0.05) is 44.2 Å². The van der Waals surface area contributed by atoms with Crippen molar-refractivity contribution in [2.45, 2.75) is 63.7 Å². The molecule has 2 saturated heterocycles. The highest BCUT2D eigenvalue weighted by atomic mass is 16.6. The van der Waals surface area contributed by atoms with E-state index in [0.29, 0.717) is 13.0 Å². The Hall–Kier alpha value is -1.88. The van der Waals surface area contributed by atoms with Crippen molar-refractivity contribution >= 4 is 11.9 Å². The normalized spacial score (nSPS) is 23.0. The Bertz CT molecular complexity index is 611. The average Bonchev–Trinajstić information content (AvgIpc) is 3.23. The first-order chi connectivity index (χ1) is 12.1. The molecule has 0 aliphatic carbocycles. The molecule has 2 aliphatic rings. The second-order valence-corrected chi connectivity index (χ2v) is 6.99. The number of aryl methyl sites for hydroxylation is 1. The number of fused-ring (bicyclic) bond motifs is 1. The molecule has 136 valence electrons. The third-order valence-electron chi connectivity index (χ3n) is 5.65. The van der Waals surface area contributed by atoms with E-state index >= 15 is 0 Å². The summed E-state index contributed by atoms with van der Waals surface area (Å²) in [5.74, 6) is -0.0117. The summed E-state index contributed by atoms with van der Waals surface area (Å²) in [5, 5.41) is 0. The van der Waals surface area contributed by atoms with Gasteiger partial charge in [-0.05, 0) is 37.7 Å². The van der Waals surface area contributed by atoms with Gasteiger partial charge < -0.3 is 9.47 Å². The van der Waals surface area contributed by atoms with Gasteiger partial charge in [0.15, 0.2) is 5.78 Å². The van der Waals surface area contributed by atoms with E-state index in [2.05, 4.69) is 26.0 Å². The number of hydrogen-bond acceptors (Lipinski definition) is 4. The summed E-state index contributed by atoms with van der Waals surface area (Å²) in [4.78, 5) is 26.4. The van der Waals surface area contributed by atoms with Gasteiger partial charge in [0.2, 0.25) is 0 Å². The Labute approximate surface area is 149 Å². The van der Waals surface area contributed by atoms with Crippen LogP contribution in [-0.4, -0.2) is 47.7 Å². The van der Waals surface area contributed by atoms with E-state index in [1.807, 2.05) is 18.2 Å². The molecule has 0 bridgehead atoms. The summed E-state index contributed by atoms with van der Waals surface area (Å²) in [6.07, 6.45) is 3.35. The molecule has 0 unspecified atom stereocenters. The number of carbonyl (C=O) groups is 2. The molecule has 2 aliphatic heterocycles. The van der Waals surface area contributed by atoms with Crippen molar-refractivity contribution in [2.24, 2.45) is 0 Å². The van der Waals surface area contributed by atoms with Crippen molar-refractivity contribution in [3.8, 4) is 0 Å². The molecule has 1 aromatic rings. The van der Waals surface area contributed by atoms with Gasteiger partial charge in [-0.15, -0.1) is 0 Å². The molecule has 1 amide bonds. The monoisotopic (exact) mass is 345 g/mol. The average molecular weight is 345 g/mol. The number of likely N-dealkylation sites (tertiary alicyclic amines) is 1. The molecule has 5 nitrogen and oxygen atoms in total. The van der Waals surface area contributed by atoms with Gasteiger partial charge in [-0.25, -0.2) is 4.79 Å². The molecule has 25 heavy (non-hydrogen) atoms. The molecule has 0 saturated carbocycles. The number of carbonyl (C=O) groups excluding carboxylic acids is 2. The smallest absolute Gasteiger partial charge is 0.411 e. The molecule has 0 spiro atoms. The van der Waals surface area contributed by atoms with Crippen molar-refractivity contribution in [3.05, 3.63) is 35.9 Å². The Morgan fingerprint density at radius 2 is 2.00 bits per heavy atom. The third-order valence-corrected chi connectivity index (χ3v) is 5.65. The maximum Gasteiger partial charge on any atom is 0.411 e. The zero-order valence-electron chi connectivity index (χ0n) is 15.1. The number of ketones is 1. The van der Waals surface area contributed by atoms with E-state index in [0.717, 1.165) is 25.7 Å². The Balaban J connectivity index is 1.66. The minimum absolute atomic E-state index is 0.0117. The van der Waals surface area contributed by atoms with Crippen LogP contribution in [0, 0.1) is 0 Å². The lowest BCUT2D eigenvalue weighted by molar-refractivity contribution is -0.121. The number of nitrogens with zero attached hydrogens (tertiary/aromatic N) is 1. The van der Waals surface area contributed by atoms with Crippen molar-refractivity contribution in [3.63, 3.8) is 0 Å². The van der Waals surface area contributed by atoms with E-state index < -0.39 is 11.6 Å². The second kappa shape index (κ2) is 7.56. The highest BCUT2D eigenvalue weighted by Crippen LogP contribution is 2.32. The fourth-order valence-corrected chi connectivity index (χ4v) is 3.86. The first-order valence-corrected chi connectivity index (χ1v) is 9.26. The van der Waals surface area contributed by atoms with E-state index in [4.69, 9.17) is 9.47 Å². The quantitative estimate of drug-likeness (QED) is 0.793. The molecular formula is C20H27NO4. The molecule has 1 aromatic carbocycles. The summed E-state index contributed by atoms with van der Waals surface area (Å²) < 4.78 is 11.4. The van der Waals surface area contributed by atoms with Crippen LogP contribution < -0.4 is 0 Å². The van der Waals surface area contributed by atoms with E-state index in [9.17, 15) is 9.59 Å². The van der Waals surface area contributed by atoms with Crippen LogP contribution >= 0.6 is 0 Å². The summed E-state index contributed by atoms with van der Waals surface area (Å²) in [5.41, 5.74) is 0.749. The van der Waals surface area contributed by atoms with Gasteiger partial charge in [-0.2, -0.15) is 0 Å². The molecule has 5 heteroatoms. The van der Waals surface area contributed by atoms with Crippen molar-refractivity contribution in [2.75, 3.05) is 13.2 Å². The second-order valence-electron chi connectivity index (χ2n) is 6.99. The van der Waals surface area contributed by atoms with Crippen LogP contribution in [0.25, 0.3) is 0 Å².